The molecule has 1 fully saturated rings. The van der Waals surface area contributed by atoms with Gasteiger partial charge in [-0.15, -0.1) is 0 Å². The van der Waals surface area contributed by atoms with Crippen LogP contribution in [0.4, 0.5) is 0 Å². The number of nitrogens with one attached hydrogen (secondary N) is 1. The minimum atomic E-state index is -0.191. The second-order valence-electron chi connectivity index (χ2n) is 5.70. The van der Waals surface area contributed by atoms with Gasteiger partial charge in [0, 0.05) is 45.1 Å². The highest BCUT2D eigenvalue weighted by Gasteiger charge is 2.18. The first-order valence-corrected chi connectivity index (χ1v) is 7.88. The summed E-state index contributed by atoms with van der Waals surface area (Å²) in [4.78, 5) is 17.0. The van der Waals surface area contributed by atoms with Crippen LogP contribution in [-0.4, -0.2) is 71.8 Å². The van der Waals surface area contributed by atoms with Crippen LogP contribution in [0, 0.1) is 0 Å². The number of rotatable bonds is 7. The maximum absolute atomic E-state index is 12.2. The molecule has 6 nitrogen and oxygen atoms in total. The molecular weight excluding hydrogens is 266 g/mol. The Kier molecular flexibility index (Phi) is 6.20. The fraction of sp³-hybridized carbons (Fsp3) is 0.733. The Morgan fingerprint density at radius 2 is 2.10 bits per heavy atom. The standard InChI is InChI=1S/C15H27N5O/c1-3-14(20-9-5-7-17-20)15(21)16-6-4-8-19-12-10-18(2)11-13-19/h5,7,9,14H,3-4,6,8,10-13H2,1-2H3,(H,16,21)/t14-/m1/s1. The Bertz CT molecular complexity index is 412. The van der Waals surface area contributed by atoms with E-state index < -0.39 is 0 Å². The molecule has 1 aliphatic heterocycles. The van der Waals surface area contributed by atoms with Crippen LogP contribution in [0.5, 0.6) is 0 Å². The first kappa shape index (κ1) is 16.0. The average Bonchev–Trinajstić information content (AvgIpc) is 3.00. The molecule has 0 radical (unpaired) electrons. The first-order chi connectivity index (χ1) is 10.2. The number of amides is 1. The summed E-state index contributed by atoms with van der Waals surface area (Å²) in [5, 5.41) is 7.19. The zero-order valence-electron chi connectivity index (χ0n) is 13.2. The van der Waals surface area contributed by atoms with E-state index in [0.717, 1.165) is 52.1 Å². The molecule has 21 heavy (non-hydrogen) atoms. The molecular formula is C15H27N5O. The van der Waals surface area contributed by atoms with Crippen LogP contribution in [-0.2, 0) is 4.79 Å². The van der Waals surface area contributed by atoms with Crippen LogP contribution in [0.2, 0.25) is 0 Å². The van der Waals surface area contributed by atoms with Crippen molar-refractivity contribution in [3.8, 4) is 0 Å². The van der Waals surface area contributed by atoms with Crippen molar-refractivity contribution in [3.63, 3.8) is 0 Å². The quantitative estimate of drug-likeness (QED) is 0.748. The van der Waals surface area contributed by atoms with E-state index in [-0.39, 0.29) is 11.9 Å². The maximum Gasteiger partial charge on any atom is 0.244 e. The second-order valence-corrected chi connectivity index (χ2v) is 5.70. The van der Waals surface area contributed by atoms with Crippen LogP contribution in [0.1, 0.15) is 25.8 Å². The van der Waals surface area contributed by atoms with Crippen LogP contribution in [0.3, 0.4) is 0 Å². The molecule has 0 aliphatic carbocycles. The number of carbonyl (C=O) groups excluding carboxylic acids is 1. The topological polar surface area (TPSA) is 53.4 Å². The molecule has 1 aromatic heterocycles. The van der Waals surface area contributed by atoms with E-state index in [0.29, 0.717) is 0 Å². The molecule has 0 aromatic carbocycles. The van der Waals surface area contributed by atoms with Crippen molar-refractivity contribution in [2.45, 2.75) is 25.8 Å². The molecule has 1 amide bonds. The number of aromatic nitrogens is 2. The molecule has 2 rings (SSSR count). The lowest BCUT2D eigenvalue weighted by Crippen LogP contribution is -2.45. The van der Waals surface area contributed by atoms with E-state index in [4.69, 9.17) is 0 Å². The monoisotopic (exact) mass is 293 g/mol. The molecule has 6 heteroatoms. The van der Waals surface area contributed by atoms with E-state index in [2.05, 4.69) is 27.3 Å². The predicted molar refractivity (Wildman–Crippen MR) is 83.1 cm³/mol. The Morgan fingerprint density at radius 1 is 1.33 bits per heavy atom. The fourth-order valence-electron chi connectivity index (χ4n) is 2.66. The minimum absolute atomic E-state index is 0.0691. The van der Waals surface area contributed by atoms with Crippen molar-refractivity contribution in [2.24, 2.45) is 0 Å². The second kappa shape index (κ2) is 8.14. The largest absolute Gasteiger partial charge is 0.354 e. The molecule has 118 valence electrons. The van der Waals surface area contributed by atoms with Gasteiger partial charge in [-0.25, -0.2) is 0 Å². The predicted octanol–water partition coefficient (Wildman–Crippen LogP) is 0.588. The minimum Gasteiger partial charge on any atom is -0.354 e. The van der Waals surface area contributed by atoms with Gasteiger partial charge in [-0.1, -0.05) is 6.92 Å². The van der Waals surface area contributed by atoms with Crippen molar-refractivity contribution in [3.05, 3.63) is 18.5 Å². The number of hydrogen-bond acceptors (Lipinski definition) is 4. The average molecular weight is 293 g/mol. The van der Waals surface area contributed by atoms with Gasteiger partial charge in [0.1, 0.15) is 6.04 Å². The maximum atomic E-state index is 12.2. The molecule has 0 spiro atoms. The third-order valence-electron chi connectivity index (χ3n) is 4.08. The van der Waals surface area contributed by atoms with Gasteiger partial charge in [0.25, 0.3) is 0 Å². The van der Waals surface area contributed by atoms with Crippen LogP contribution >= 0.6 is 0 Å². The van der Waals surface area contributed by atoms with Crippen LogP contribution < -0.4 is 5.32 Å². The summed E-state index contributed by atoms with van der Waals surface area (Å²) >= 11 is 0. The number of hydrogen-bond donors (Lipinski definition) is 1. The Hall–Kier alpha value is -1.40. The third kappa shape index (κ3) is 4.82. The van der Waals surface area contributed by atoms with Gasteiger partial charge in [0.05, 0.1) is 0 Å². The van der Waals surface area contributed by atoms with E-state index in [1.165, 1.54) is 0 Å². The van der Waals surface area contributed by atoms with Crippen molar-refractivity contribution in [1.29, 1.82) is 0 Å². The number of carbonyl (C=O) groups is 1. The SMILES string of the molecule is CC[C@H](C(=O)NCCCN1CCN(C)CC1)n1cccn1. The van der Waals surface area contributed by atoms with E-state index >= 15 is 0 Å². The van der Waals surface area contributed by atoms with Gasteiger partial charge in [0.15, 0.2) is 0 Å². The highest BCUT2D eigenvalue weighted by molar-refractivity contribution is 5.80. The summed E-state index contributed by atoms with van der Waals surface area (Å²) in [5.74, 6) is 0.0691. The van der Waals surface area contributed by atoms with Gasteiger partial charge >= 0.3 is 0 Å². The third-order valence-corrected chi connectivity index (χ3v) is 4.08. The molecule has 0 unspecified atom stereocenters. The number of nitrogens with zero attached hydrogens (tertiary/aromatic N) is 4. The fourth-order valence-corrected chi connectivity index (χ4v) is 2.66. The molecule has 0 saturated carbocycles. The smallest absolute Gasteiger partial charge is 0.244 e. The van der Waals surface area contributed by atoms with E-state index in [1.807, 2.05) is 19.2 Å². The van der Waals surface area contributed by atoms with Gasteiger partial charge in [0.2, 0.25) is 5.91 Å². The normalized spacial score (nSPS) is 18.6. The molecule has 1 aromatic rings. The summed E-state index contributed by atoms with van der Waals surface area (Å²) in [7, 11) is 2.16. The van der Waals surface area contributed by atoms with Gasteiger partial charge < -0.3 is 15.1 Å². The van der Waals surface area contributed by atoms with Gasteiger partial charge in [-0.05, 0) is 32.5 Å². The summed E-state index contributed by atoms with van der Waals surface area (Å²) in [6.07, 6.45) is 5.32. The van der Waals surface area contributed by atoms with E-state index in [1.54, 1.807) is 10.9 Å². The lowest BCUT2D eigenvalue weighted by Gasteiger charge is -2.32. The molecule has 1 atom stereocenters. The Morgan fingerprint density at radius 3 is 2.71 bits per heavy atom. The van der Waals surface area contributed by atoms with Crippen molar-refractivity contribution in [1.82, 2.24) is 24.9 Å². The van der Waals surface area contributed by atoms with Crippen molar-refractivity contribution >= 4 is 5.91 Å². The van der Waals surface area contributed by atoms with Gasteiger partial charge in [-0.2, -0.15) is 5.10 Å². The summed E-state index contributed by atoms with van der Waals surface area (Å²) in [6.45, 7) is 8.36. The molecule has 0 bridgehead atoms. The zero-order chi connectivity index (χ0) is 15.1. The van der Waals surface area contributed by atoms with Crippen LogP contribution in [0.25, 0.3) is 0 Å². The Balaban J connectivity index is 1.65. The lowest BCUT2D eigenvalue weighted by molar-refractivity contribution is -0.124. The first-order valence-electron chi connectivity index (χ1n) is 7.88. The summed E-state index contributed by atoms with van der Waals surface area (Å²) < 4.78 is 1.73. The van der Waals surface area contributed by atoms with E-state index in [9.17, 15) is 4.79 Å². The summed E-state index contributed by atoms with van der Waals surface area (Å²) in [5.41, 5.74) is 0. The lowest BCUT2D eigenvalue weighted by atomic mass is 10.2. The van der Waals surface area contributed by atoms with Crippen LogP contribution in [0.15, 0.2) is 18.5 Å². The van der Waals surface area contributed by atoms with Gasteiger partial charge in [-0.3, -0.25) is 9.48 Å². The highest BCUT2D eigenvalue weighted by Crippen LogP contribution is 2.09. The summed E-state index contributed by atoms with van der Waals surface area (Å²) in [6, 6.07) is 1.66. The Labute approximate surface area is 127 Å². The molecule has 1 saturated heterocycles. The highest BCUT2D eigenvalue weighted by atomic mass is 16.2. The molecule has 1 N–H and O–H groups in total. The van der Waals surface area contributed by atoms with Crippen molar-refractivity contribution < 1.29 is 4.79 Å². The zero-order valence-corrected chi connectivity index (χ0v) is 13.2. The molecule has 1 aliphatic rings. The number of likely N-dealkylation sites (N-methyl/N-ethyl adjacent to an activating group) is 1. The molecule has 2 heterocycles. The number of piperazine rings is 1. The van der Waals surface area contributed by atoms with Crippen molar-refractivity contribution in [2.75, 3.05) is 46.3 Å².